The predicted octanol–water partition coefficient (Wildman–Crippen LogP) is 5.29. The van der Waals surface area contributed by atoms with E-state index in [2.05, 4.69) is 42.0 Å². The smallest absolute Gasteiger partial charge is 0.474 e. The minimum absolute atomic E-state index is 0.125. The highest BCUT2D eigenvalue weighted by Crippen LogP contribution is 2.47. The molecule has 0 fully saturated rings. The SMILES string of the molecule is COP(=O)(OC)OC[C@H](OC/C=C(\C)CC/C=C(\C)CCC=C(C)C)C(=O)O. The van der Waals surface area contributed by atoms with Crippen LogP contribution in [0.4, 0.5) is 0 Å². The van der Waals surface area contributed by atoms with Crippen LogP contribution in [-0.2, 0) is 27.7 Å². The second-order valence-corrected chi connectivity index (χ2v) is 8.61. The number of hydrogen-bond donors (Lipinski definition) is 1. The molecule has 0 heterocycles. The molecule has 1 atom stereocenters. The van der Waals surface area contributed by atoms with Gasteiger partial charge in [0.05, 0.1) is 13.2 Å². The molecule has 0 aliphatic carbocycles. The van der Waals surface area contributed by atoms with Crippen molar-refractivity contribution in [3.63, 3.8) is 0 Å². The number of phosphoric ester groups is 1. The van der Waals surface area contributed by atoms with Gasteiger partial charge in [0.1, 0.15) is 0 Å². The topological polar surface area (TPSA) is 91.3 Å². The summed E-state index contributed by atoms with van der Waals surface area (Å²) in [4.78, 5) is 11.2. The molecule has 0 saturated carbocycles. The summed E-state index contributed by atoms with van der Waals surface area (Å²) in [6.07, 6.45) is 8.97. The van der Waals surface area contributed by atoms with Crippen molar-refractivity contribution in [2.75, 3.05) is 27.4 Å². The molecule has 162 valence electrons. The fourth-order valence-electron chi connectivity index (χ4n) is 2.18. The summed E-state index contributed by atoms with van der Waals surface area (Å²) in [6, 6.07) is 0. The van der Waals surface area contributed by atoms with Crippen LogP contribution in [0.2, 0.25) is 0 Å². The van der Waals surface area contributed by atoms with E-state index in [-0.39, 0.29) is 6.61 Å². The van der Waals surface area contributed by atoms with Gasteiger partial charge in [0, 0.05) is 14.2 Å². The maximum Gasteiger partial charge on any atom is 0.474 e. The molecule has 0 bridgehead atoms. The van der Waals surface area contributed by atoms with Gasteiger partial charge in [-0.3, -0.25) is 13.6 Å². The molecule has 7 nitrogen and oxygen atoms in total. The molecule has 8 heteroatoms. The van der Waals surface area contributed by atoms with Crippen molar-refractivity contribution in [2.24, 2.45) is 0 Å². The third-order valence-electron chi connectivity index (χ3n) is 3.96. The van der Waals surface area contributed by atoms with E-state index in [0.29, 0.717) is 0 Å². The van der Waals surface area contributed by atoms with Crippen LogP contribution in [0.1, 0.15) is 53.4 Å². The second-order valence-electron chi connectivity index (χ2n) is 6.73. The van der Waals surface area contributed by atoms with Gasteiger partial charge in [-0.25, -0.2) is 9.36 Å². The van der Waals surface area contributed by atoms with E-state index in [9.17, 15) is 14.5 Å². The summed E-state index contributed by atoms with van der Waals surface area (Å²) < 4.78 is 31.2. The lowest BCUT2D eigenvalue weighted by molar-refractivity contribution is -0.151. The highest BCUT2D eigenvalue weighted by Gasteiger charge is 2.27. The quantitative estimate of drug-likeness (QED) is 0.285. The van der Waals surface area contributed by atoms with E-state index in [4.69, 9.17) is 9.26 Å². The molecule has 0 aliphatic rings. The fourth-order valence-corrected chi connectivity index (χ4v) is 2.85. The zero-order valence-electron chi connectivity index (χ0n) is 17.9. The molecular weight excluding hydrogens is 383 g/mol. The first-order valence-corrected chi connectivity index (χ1v) is 10.7. The van der Waals surface area contributed by atoms with Gasteiger partial charge in [-0.2, -0.15) is 0 Å². The number of carboxylic acids is 1. The van der Waals surface area contributed by atoms with E-state index >= 15 is 0 Å². The zero-order chi connectivity index (χ0) is 21.6. The van der Waals surface area contributed by atoms with Gasteiger partial charge >= 0.3 is 13.8 Å². The Bertz CT molecular complexity index is 596. The van der Waals surface area contributed by atoms with Crippen LogP contribution >= 0.6 is 7.82 Å². The van der Waals surface area contributed by atoms with Crippen molar-refractivity contribution < 1.29 is 32.8 Å². The molecule has 0 radical (unpaired) electrons. The van der Waals surface area contributed by atoms with E-state index < -0.39 is 26.5 Å². The van der Waals surface area contributed by atoms with E-state index in [0.717, 1.165) is 45.5 Å². The molecule has 0 aromatic rings. The van der Waals surface area contributed by atoms with Gasteiger partial charge in [0.25, 0.3) is 0 Å². The largest absolute Gasteiger partial charge is 0.479 e. The Morgan fingerprint density at radius 1 is 0.964 bits per heavy atom. The molecule has 0 saturated heterocycles. The normalized spacial score (nSPS) is 14.1. The number of allylic oxidation sites excluding steroid dienone is 5. The number of ether oxygens (including phenoxy) is 1. The Balaban J connectivity index is 4.35. The summed E-state index contributed by atoms with van der Waals surface area (Å²) >= 11 is 0. The Morgan fingerprint density at radius 2 is 1.50 bits per heavy atom. The lowest BCUT2D eigenvalue weighted by Gasteiger charge is -2.17. The molecular formula is C20H35O7P. The van der Waals surface area contributed by atoms with Crippen LogP contribution < -0.4 is 0 Å². The summed E-state index contributed by atoms with van der Waals surface area (Å²) in [6.45, 7) is 8.01. The Labute approximate surface area is 169 Å². The number of rotatable bonds is 15. The van der Waals surface area contributed by atoms with Crippen molar-refractivity contribution in [1.82, 2.24) is 0 Å². The van der Waals surface area contributed by atoms with Crippen LogP contribution in [0, 0.1) is 0 Å². The first-order valence-electron chi connectivity index (χ1n) is 9.28. The van der Waals surface area contributed by atoms with Crippen molar-refractivity contribution in [2.45, 2.75) is 59.5 Å². The van der Waals surface area contributed by atoms with Gasteiger partial charge in [-0.1, -0.05) is 34.9 Å². The highest BCUT2D eigenvalue weighted by molar-refractivity contribution is 7.48. The average molecular weight is 418 g/mol. The molecule has 28 heavy (non-hydrogen) atoms. The highest BCUT2D eigenvalue weighted by atomic mass is 31.2. The average Bonchev–Trinajstić information content (AvgIpc) is 2.63. The monoisotopic (exact) mass is 418 g/mol. The van der Waals surface area contributed by atoms with Crippen molar-refractivity contribution in [3.05, 3.63) is 34.9 Å². The van der Waals surface area contributed by atoms with E-state index in [1.54, 1.807) is 0 Å². The van der Waals surface area contributed by atoms with Crippen molar-refractivity contribution in [3.8, 4) is 0 Å². The lowest BCUT2D eigenvalue weighted by atomic mass is 10.1. The van der Waals surface area contributed by atoms with Crippen LogP contribution in [-0.4, -0.2) is 44.6 Å². The van der Waals surface area contributed by atoms with Crippen LogP contribution in [0.25, 0.3) is 0 Å². The van der Waals surface area contributed by atoms with Crippen LogP contribution in [0.15, 0.2) is 34.9 Å². The zero-order valence-corrected chi connectivity index (χ0v) is 18.8. The first-order chi connectivity index (χ1) is 13.1. The lowest BCUT2D eigenvalue weighted by Crippen LogP contribution is -2.29. The number of phosphoric acid groups is 1. The second kappa shape index (κ2) is 14.7. The van der Waals surface area contributed by atoms with E-state index in [1.807, 2.05) is 13.0 Å². The minimum atomic E-state index is -3.73. The standard InChI is InChI=1S/C20H35O7P/c1-16(2)9-7-10-17(3)11-8-12-18(4)13-14-26-19(20(21)22)15-27-28(23,24-5)25-6/h9,11,13,19H,7-8,10,12,14-15H2,1-6H3,(H,21,22)/b17-11+,18-13+/t19-/m0/s1. The summed E-state index contributed by atoms with van der Waals surface area (Å²) in [5.41, 5.74) is 3.81. The molecule has 0 aliphatic heterocycles. The van der Waals surface area contributed by atoms with Crippen molar-refractivity contribution >= 4 is 13.8 Å². The van der Waals surface area contributed by atoms with Crippen LogP contribution in [0.5, 0.6) is 0 Å². The van der Waals surface area contributed by atoms with E-state index in [1.165, 1.54) is 11.1 Å². The Morgan fingerprint density at radius 3 is 2.00 bits per heavy atom. The fraction of sp³-hybridized carbons (Fsp3) is 0.650. The molecule has 0 amide bonds. The number of carboxylic acid groups (broad SMARTS) is 1. The molecule has 0 aromatic carbocycles. The number of hydrogen-bond acceptors (Lipinski definition) is 6. The Kier molecular flexibility index (Phi) is 14.1. The van der Waals surface area contributed by atoms with Gasteiger partial charge in [0.2, 0.25) is 0 Å². The molecule has 0 spiro atoms. The molecule has 1 N–H and O–H groups in total. The maximum atomic E-state index is 11.8. The molecule has 0 aromatic heterocycles. The third-order valence-corrected chi connectivity index (χ3v) is 5.32. The molecule has 0 unspecified atom stereocenters. The van der Waals surface area contributed by atoms with Gasteiger partial charge in [-0.05, 0) is 53.4 Å². The summed E-state index contributed by atoms with van der Waals surface area (Å²) in [7, 11) is -1.42. The van der Waals surface area contributed by atoms with Crippen molar-refractivity contribution in [1.29, 1.82) is 0 Å². The Hall–Kier alpha value is -1.24. The summed E-state index contributed by atoms with van der Waals surface area (Å²) in [5, 5.41) is 9.18. The number of carbonyl (C=O) groups is 1. The predicted molar refractivity (Wildman–Crippen MR) is 110 cm³/mol. The third kappa shape index (κ3) is 13.0. The van der Waals surface area contributed by atoms with Gasteiger partial charge < -0.3 is 9.84 Å². The summed E-state index contributed by atoms with van der Waals surface area (Å²) in [5.74, 6) is -1.21. The first kappa shape index (κ1) is 26.8. The molecule has 0 rings (SSSR count). The maximum absolute atomic E-state index is 11.8. The van der Waals surface area contributed by atoms with Crippen LogP contribution in [0.3, 0.4) is 0 Å². The minimum Gasteiger partial charge on any atom is -0.479 e. The number of aliphatic carboxylic acids is 1. The van der Waals surface area contributed by atoms with Gasteiger partial charge in [-0.15, -0.1) is 0 Å². The van der Waals surface area contributed by atoms with Gasteiger partial charge in [0.15, 0.2) is 6.10 Å².